The first-order chi connectivity index (χ1) is 16.6. The van der Waals surface area contributed by atoms with Crippen molar-refractivity contribution in [1.82, 2.24) is 5.32 Å². The number of hydrogen-bond donors (Lipinski definition) is 7. The lowest BCUT2D eigenvalue weighted by atomic mass is 9.97. The predicted octanol–water partition coefficient (Wildman–Crippen LogP) is 0.989. The Labute approximate surface area is 203 Å². The van der Waals surface area contributed by atoms with Crippen LogP contribution in [0.1, 0.15) is 5.56 Å². The van der Waals surface area contributed by atoms with Gasteiger partial charge in [0.2, 0.25) is 0 Å². The largest absolute Gasteiger partial charge is 0.494 e. The fourth-order valence-electron chi connectivity index (χ4n) is 2.89. The number of methoxy groups -OCH3 is 1. The first kappa shape index (κ1) is 29.9. The van der Waals surface area contributed by atoms with Crippen LogP contribution >= 0.6 is 11.8 Å². The van der Waals surface area contributed by atoms with Gasteiger partial charge in [-0.15, -0.1) is 0 Å². The average molecular weight is 518 g/mol. The minimum absolute atomic E-state index is 0.0139. The highest BCUT2D eigenvalue weighted by Crippen LogP contribution is 2.30. The quantitative estimate of drug-likeness (QED) is 0.150. The summed E-state index contributed by atoms with van der Waals surface area (Å²) in [4.78, 5) is 0. The molecule has 192 valence electrons. The topological polar surface area (TPSA) is 189 Å². The molecule has 1 aromatic carbocycles. The number of aliphatic hydroxyl groups is 3. The summed E-state index contributed by atoms with van der Waals surface area (Å²) in [7, 11) is 1.73. The molecule has 0 spiro atoms. The summed E-state index contributed by atoms with van der Waals surface area (Å²) < 4.78 is 46.4. The van der Waals surface area contributed by atoms with Crippen LogP contribution in [-0.4, -0.2) is 76.8 Å². The SMILES string of the molecule is CF.CO/C(=C/C(=N)SC1OC(CO)C(O)C(N/C=C(\N)c2ccc(F)c(F)c2)C1O)C(=N)C#N. The van der Waals surface area contributed by atoms with Crippen LogP contribution in [0.4, 0.5) is 13.2 Å². The van der Waals surface area contributed by atoms with Crippen molar-refractivity contribution in [2.45, 2.75) is 29.8 Å². The number of alkyl halides is 1. The van der Waals surface area contributed by atoms with Crippen molar-refractivity contribution >= 4 is 28.2 Å². The van der Waals surface area contributed by atoms with Gasteiger partial charge in [-0.05, 0) is 18.2 Å². The summed E-state index contributed by atoms with van der Waals surface area (Å²) in [6, 6.07) is 3.49. The number of rotatable bonds is 8. The molecular formula is C21H26F3N5O5S. The number of nitrogens with two attached hydrogens (primary N) is 1. The third-order valence-electron chi connectivity index (χ3n) is 4.65. The number of nitrogens with zero attached hydrogens (tertiary/aromatic N) is 1. The Morgan fingerprint density at radius 1 is 1.29 bits per heavy atom. The molecule has 8 N–H and O–H groups in total. The molecule has 1 aliphatic rings. The lowest BCUT2D eigenvalue weighted by Crippen LogP contribution is -2.62. The summed E-state index contributed by atoms with van der Waals surface area (Å²) in [5.74, 6) is -2.31. The number of benzene rings is 1. The Morgan fingerprint density at radius 3 is 2.49 bits per heavy atom. The van der Waals surface area contributed by atoms with Gasteiger partial charge in [-0.1, -0.05) is 11.8 Å². The summed E-state index contributed by atoms with van der Waals surface area (Å²) >= 11 is 0.703. The molecule has 0 aliphatic carbocycles. The highest BCUT2D eigenvalue weighted by molar-refractivity contribution is 8.14. The maximum absolute atomic E-state index is 13.4. The number of allylic oxidation sites excluding steroid dienone is 1. The lowest BCUT2D eigenvalue weighted by Gasteiger charge is -2.42. The molecule has 10 nitrogen and oxygen atoms in total. The minimum atomic E-state index is -1.42. The van der Waals surface area contributed by atoms with E-state index in [9.17, 15) is 28.5 Å². The van der Waals surface area contributed by atoms with E-state index >= 15 is 0 Å². The molecule has 0 aromatic heterocycles. The van der Waals surface area contributed by atoms with E-state index in [1.54, 1.807) is 6.07 Å². The molecule has 0 saturated carbocycles. The molecule has 35 heavy (non-hydrogen) atoms. The first-order valence-electron chi connectivity index (χ1n) is 9.80. The fourth-order valence-corrected chi connectivity index (χ4v) is 3.83. The van der Waals surface area contributed by atoms with Crippen LogP contribution in [0.15, 0.2) is 36.2 Å². The zero-order chi connectivity index (χ0) is 26.7. The van der Waals surface area contributed by atoms with Gasteiger partial charge in [-0.3, -0.25) is 15.2 Å². The zero-order valence-electron chi connectivity index (χ0n) is 18.7. The highest BCUT2D eigenvalue weighted by atomic mass is 32.2. The van der Waals surface area contributed by atoms with E-state index in [0.29, 0.717) is 18.9 Å². The first-order valence-corrected chi connectivity index (χ1v) is 10.7. The normalized spacial score (nSPS) is 24.5. The van der Waals surface area contributed by atoms with E-state index in [2.05, 4.69) is 5.32 Å². The van der Waals surface area contributed by atoms with Gasteiger partial charge < -0.3 is 35.8 Å². The van der Waals surface area contributed by atoms with E-state index in [-0.39, 0.29) is 22.1 Å². The number of thioether (sulfide) groups is 1. The van der Waals surface area contributed by atoms with Crippen molar-refractivity contribution in [2.24, 2.45) is 5.73 Å². The monoisotopic (exact) mass is 517 g/mol. The lowest BCUT2D eigenvalue weighted by molar-refractivity contribution is -0.164. The van der Waals surface area contributed by atoms with Crippen LogP contribution in [0.3, 0.4) is 0 Å². The molecule has 1 fully saturated rings. The van der Waals surface area contributed by atoms with Crippen LogP contribution < -0.4 is 11.1 Å². The standard InChI is InChI=1S/C20H23F2N5O5S.CH3F/c1-31-14(12(24)6-23)5-16(26)33-20-19(30)17(18(29)15(8-28)32-20)27-7-13(25)9-2-3-10(21)11(22)4-9;1-2/h2-5,7,15,17-20,24,26-30H,8,25H2,1H3;1H3/b13-7-,14-5+,24-12?,26-16?;. The maximum Gasteiger partial charge on any atom is 0.174 e. The van der Waals surface area contributed by atoms with Crippen LogP contribution in [0.2, 0.25) is 0 Å². The van der Waals surface area contributed by atoms with Crippen LogP contribution in [-0.2, 0) is 9.47 Å². The Balaban J connectivity index is 0.00000298. The van der Waals surface area contributed by atoms with Gasteiger partial charge in [-0.2, -0.15) is 5.26 Å². The molecule has 1 aromatic rings. The number of hydrogen-bond acceptors (Lipinski definition) is 11. The van der Waals surface area contributed by atoms with Gasteiger partial charge in [0.25, 0.3) is 0 Å². The number of halogens is 3. The summed E-state index contributed by atoms with van der Waals surface area (Å²) in [5.41, 5.74) is 4.37. The summed E-state index contributed by atoms with van der Waals surface area (Å²) in [5, 5.41) is 57.5. The van der Waals surface area contributed by atoms with Crippen LogP contribution in [0.5, 0.6) is 0 Å². The zero-order valence-corrected chi connectivity index (χ0v) is 19.5. The summed E-state index contributed by atoms with van der Waals surface area (Å²) in [6.45, 7) is -0.600. The molecule has 0 radical (unpaired) electrons. The highest BCUT2D eigenvalue weighted by Gasteiger charge is 2.44. The van der Waals surface area contributed by atoms with Crippen molar-refractivity contribution in [3.63, 3.8) is 0 Å². The average Bonchev–Trinajstić information content (AvgIpc) is 2.86. The molecule has 14 heteroatoms. The molecular weight excluding hydrogens is 491 g/mol. The molecule has 5 atom stereocenters. The van der Waals surface area contributed by atoms with Gasteiger partial charge in [0.05, 0.1) is 37.7 Å². The molecule has 1 saturated heterocycles. The van der Waals surface area contributed by atoms with E-state index < -0.39 is 53.7 Å². The third-order valence-corrected chi connectivity index (χ3v) is 5.65. The molecule has 0 bridgehead atoms. The number of nitriles is 1. The van der Waals surface area contributed by atoms with Gasteiger partial charge in [-0.25, -0.2) is 8.78 Å². The van der Waals surface area contributed by atoms with Crippen molar-refractivity contribution in [3.05, 3.63) is 53.4 Å². The second-order valence-corrected chi connectivity index (χ2v) is 7.95. The maximum atomic E-state index is 13.4. The molecule has 5 unspecified atom stereocenters. The molecule has 0 amide bonds. The summed E-state index contributed by atoms with van der Waals surface area (Å²) in [6.07, 6.45) is -1.65. The number of aliphatic hydroxyl groups excluding tert-OH is 3. The van der Waals surface area contributed by atoms with Crippen LogP contribution in [0, 0.1) is 33.8 Å². The second kappa shape index (κ2) is 14.3. The van der Waals surface area contributed by atoms with E-state index in [1.165, 1.54) is 19.4 Å². The van der Waals surface area contributed by atoms with Crippen molar-refractivity contribution in [3.8, 4) is 6.07 Å². The van der Waals surface area contributed by atoms with Crippen molar-refractivity contribution in [1.29, 1.82) is 16.1 Å². The Bertz CT molecular complexity index is 1000. The smallest absolute Gasteiger partial charge is 0.174 e. The van der Waals surface area contributed by atoms with Gasteiger partial charge in [0.15, 0.2) is 23.1 Å². The van der Waals surface area contributed by atoms with Crippen molar-refractivity contribution in [2.75, 3.05) is 20.9 Å². The van der Waals surface area contributed by atoms with Crippen molar-refractivity contribution < 1.29 is 38.0 Å². The van der Waals surface area contributed by atoms with Gasteiger partial charge in [0, 0.05) is 17.8 Å². The van der Waals surface area contributed by atoms with Crippen LogP contribution in [0.25, 0.3) is 5.70 Å². The number of nitrogens with one attached hydrogen (secondary N) is 3. The third kappa shape index (κ3) is 7.98. The molecule has 1 aliphatic heterocycles. The van der Waals surface area contributed by atoms with E-state index in [1.807, 2.05) is 0 Å². The predicted molar refractivity (Wildman–Crippen MR) is 124 cm³/mol. The Kier molecular flexibility index (Phi) is 12.3. The van der Waals surface area contributed by atoms with Gasteiger partial charge >= 0.3 is 0 Å². The van der Waals surface area contributed by atoms with Gasteiger partial charge in [0.1, 0.15) is 29.8 Å². The fraction of sp³-hybridized carbons (Fsp3) is 0.381. The van der Waals surface area contributed by atoms with E-state index in [4.69, 9.17) is 31.3 Å². The Hall–Kier alpha value is -3.09. The molecule has 2 rings (SSSR count). The minimum Gasteiger partial charge on any atom is -0.494 e. The Morgan fingerprint density at radius 2 is 1.94 bits per heavy atom. The molecule has 1 heterocycles. The second-order valence-electron chi connectivity index (χ2n) is 6.81. The van der Waals surface area contributed by atoms with E-state index in [0.717, 1.165) is 18.2 Å². The number of ether oxygens (including phenoxy) is 2.